The van der Waals surface area contributed by atoms with Crippen molar-refractivity contribution in [2.75, 3.05) is 6.54 Å². The summed E-state index contributed by atoms with van der Waals surface area (Å²) in [5.41, 5.74) is 0.152. The highest BCUT2D eigenvalue weighted by Crippen LogP contribution is 2.06. The summed E-state index contributed by atoms with van der Waals surface area (Å²) in [4.78, 5) is 30.2. The van der Waals surface area contributed by atoms with Gasteiger partial charge in [0.25, 0.3) is 12.3 Å². The Labute approximate surface area is 116 Å². The second kappa shape index (κ2) is 7.04. The Morgan fingerprint density at radius 1 is 1.40 bits per heavy atom. The molecule has 1 heterocycles. The maximum Gasteiger partial charge on any atom is 0.287 e. The zero-order valence-corrected chi connectivity index (χ0v) is 10.9. The molecule has 0 bridgehead atoms. The van der Waals surface area contributed by atoms with E-state index in [0.29, 0.717) is 0 Å². The summed E-state index contributed by atoms with van der Waals surface area (Å²) in [6, 6.07) is 0. The molecular formula is C10H10ClF3N4O2. The number of amides is 2. The highest BCUT2D eigenvalue weighted by atomic mass is 35.5. The topological polar surface area (TPSA) is 84.0 Å². The molecule has 10 heteroatoms. The van der Waals surface area contributed by atoms with E-state index in [1.165, 1.54) is 12.2 Å². The Balaban J connectivity index is 2.53. The predicted molar refractivity (Wildman–Crippen MR) is 63.2 cm³/mol. The van der Waals surface area contributed by atoms with Gasteiger partial charge in [0, 0.05) is 0 Å². The Kier molecular flexibility index (Phi) is 5.68. The van der Waals surface area contributed by atoms with Crippen molar-refractivity contribution in [1.29, 1.82) is 0 Å². The van der Waals surface area contributed by atoms with Gasteiger partial charge < -0.3 is 10.6 Å². The standard InChI is InChI=1S/C10H10ClF3N4O2/c1-4-7(15-2-5(11)17-4)10(20)16-3-6(19)18-9(14)8(12)13/h2,8-9H,3H2,1H3,(H,16,20)(H,18,19). The van der Waals surface area contributed by atoms with Gasteiger partial charge in [-0.25, -0.2) is 23.1 Å². The zero-order chi connectivity index (χ0) is 15.3. The molecule has 1 unspecified atom stereocenters. The van der Waals surface area contributed by atoms with Crippen LogP contribution >= 0.6 is 11.6 Å². The van der Waals surface area contributed by atoms with E-state index in [1.54, 1.807) is 0 Å². The minimum Gasteiger partial charge on any atom is -0.342 e. The zero-order valence-electron chi connectivity index (χ0n) is 10.2. The van der Waals surface area contributed by atoms with Crippen LogP contribution in [0.25, 0.3) is 0 Å². The SMILES string of the molecule is Cc1nc(Cl)cnc1C(=O)NCC(=O)NC(F)C(F)F. The second-order valence-corrected chi connectivity index (χ2v) is 4.00. The molecule has 1 aromatic rings. The molecule has 2 N–H and O–H groups in total. The number of hydrogen-bond donors (Lipinski definition) is 2. The number of hydrogen-bond acceptors (Lipinski definition) is 4. The lowest BCUT2D eigenvalue weighted by molar-refractivity contribution is -0.124. The van der Waals surface area contributed by atoms with Crippen LogP contribution in [0.1, 0.15) is 16.2 Å². The highest BCUT2D eigenvalue weighted by Gasteiger charge is 2.21. The van der Waals surface area contributed by atoms with Gasteiger partial charge in [-0.05, 0) is 6.92 Å². The first-order valence-corrected chi connectivity index (χ1v) is 5.68. The number of aryl methyl sites for hydroxylation is 1. The fourth-order valence-electron chi connectivity index (χ4n) is 1.19. The van der Waals surface area contributed by atoms with Gasteiger partial charge in [-0.2, -0.15) is 0 Å². The molecule has 0 spiro atoms. The molecule has 0 aliphatic heterocycles. The van der Waals surface area contributed by atoms with Crippen LogP contribution in [0.15, 0.2) is 6.20 Å². The Morgan fingerprint density at radius 3 is 2.60 bits per heavy atom. The third kappa shape index (κ3) is 4.65. The van der Waals surface area contributed by atoms with Crippen molar-refractivity contribution in [3.8, 4) is 0 Å². The van der Waals surface area contributed by atoms with Gasteiger partial charge in [-0.1, -0.05) is 11.6 Å². The quantitative estimate of drug-likeness (QED) is 0.790. The third-order valence-electron chi connectivity index (χ3n) is 2.06. The van der Waals surface area contributed by atoms with Gasteiger partial charge >= 0.3 is 0 Å². The molecule has 0 radical (unpaired) electrons. The first-order valence-electron chi connectivity index (χ1n) is 5.30. The van der Waals surface area contributed by atoms with Crippen LogP contribution in [0.3, 0.4) is 0 Å². The molecule has 20 heavy (non-hydrogen) atoms. The molecule has 2 amide bonds. The number of rotatable bonds is 5. The number of aromatic nitrogens is 2. The van der Waals surface area contributed by atoms with Crippen molar-refractivity contribution in [3.63, 3.8) is 0 Å². The number of nitrogens with one attached hydrogen (secondary N) is 2. The Bertz CT molecular complexity index is 515. The molecule has 1 atom stereocenters. The highest BCUT2D eigenvalue weighted by molar-refractivity contribution is 6.29. The maximum absolute atomic E-state index is 12.5. The number of alkyl halides is 3. The van der Waals surface area contributed by atoms with Crippen LogP contribution in [0.4, 0.5) is 13.2 Å². The molecule has 0 saturated carbocycles. The summed E-state index contributed by atoms with van der Waals surface area (Å²) in [5.74, 6) is -1.85. The van der Waals surface area contributed by atoms with E-state index in [1.807, 2.05) is 0 Å². The minimum atomic E-state index is -3.33. The third-order valence-corrected chi connectivity index (χ3v) is 2.24. The van der Waals surface area contributed by atoms with Crippen LogP contribution in [-0.4, -0.2) is 41.0 Å². The van der Waals surface area contributed by atoms with Crippen molar-refractivity contribution in [2.45, 2.75) is 19.6 Å². The van der Waals surface area contributed by atoms with Crippen LogP contribution in [0.5, 0.6) is 0 Å². The van der Waals surface area contributed by atoms with Gasteiger partial charge in [0.05, 0.1) is 18.4 Å². The molecule has 1 rings (SSSR count). The van der Waals surface area contributed by atoms with Gasteiger partial charge in [0.1, 0.15) is 10.8 Å². The van der Waals surface area contributed by atoms with Crippen molar-refractivity contribution in [2.24, 2.45) is 0 Å². The predicted octanol–water partition coefficient (Wildman–Crippen LogP) is 0.845. The normalized spacial score (nSPS) is 12.1. The van der Waals surface area contributed by atoms with E-state index >= 15 is 0 Å². The van der Waals surface area contributed by atoms with Crippen LogP contribution in [0.2, 0.25) is 5.15 Å². The van der Waals surface area contributed by atoms with Crippen LogP contribution < -0.4 is 10.6 Å². The molecule has 0 aliphatic carbocycles. The summed E-state index contributed by atoms with van der Waals surface area (Å²) in [5, 5.41) is 3.57. The van der Waals surface area contributed by atoms with Crippen LogP contribution in [-0.2, 0) is 4.79 Å². The van der Waals surface area contributed by atoms with Gasteiger partial charge in [0.15, 0.2) is 0 Å². The smallest absolute Gasteiger partial charge is 0.287 e. The first-order chi connectivity index (χ1) is 9.31. The van der Waals surface area contributed by atoms with Gasteiger partial charge in [-0.3, -0.25) is 9.59 Å². The van der Waals surface area contributed by atoms with E-state index in [-0.39, 0.29) is 16.5 Å². The molecule has 0 aliphatic rings. The van der Waals surface area contributed by atoms with E-state index in [2.05, 4.69) is 15.3 Å². The summed E-state index contributed by atoms with van der Waals surface area (Å²) < 4.78 is 36.2. The summed E-state index contributed by atoms with van der Waals surface area (Å²) in [6.45, 7) is 0.804. The van der Waals surface area contributed by atoms with Crippen molar-refractivity contribution >= 4 is 23.4 Å². The number of carbonyl (C=O) groups is 2. The van der Waals surface area contributed by atoms with E-state index in [0.717, 1.165) is 6.20 Å². The van der Waals surface area contributed by atoms with E-state index < -0.39 is 31.1 Å². The fraction of sp³-hybridized carbons (Fsp3) is 0.400. The van der Waals surface area contributed by atoms with Crippen molar-refractivity contribution < 1.29 is 22.8 Å². The van der Waals surface area contributed by atoms with Crippen LogP contribution in [0, 0.1) is 6.92 Å². The molecule has 0 saturated heterocycles. The van der Waals surface area contributed by atoms with Crippen molar-refractivity contribution in [3.05, 3.63) is 22.7 Å². The molecular weight excluding hydrogens is 301 g/mol. The maximum atomic E-state index is 12.5. The molecule has 110 valence electrons. The van der Waals surface area contributed by atoms with Gasteiger partial charge in [0.2, 0.25) is 12.2 Å². The average Bonchev–Trinajstić information content (AvgIpc) is 2.35. The monoisotopic (exact) mass is 310 g/mol. The second-order valence-electron chi connectivity index (χ2n) is 3.61. The molecule has 6 nitrogen and oxygen atoms in total. The number of nitrogens with zero attached hydrogens (tertiary/aromatic N) is 2. The fourth-order valence-corrected chi connectivity index (χ4v) is 1.36. The van der Waals surface area contributed by atoms with E-state index in [4.69, 9.17) is 11.6 Å². The minimum absolute atomic E-state index is 0.0761. The first kappa shape index (κ1) is 16.2. The van der Waals surface area contributed by atoms with Gasteiger partial charge in [-0.15, -0.1) is 0 Å². The summed E-state index contributed by atoms with van der Waals surface area (Å²) in [7, 11) is 0. The summed E-state index contributed by atoms with van der Waals surface area (Å²) >= 11 is 5.55. The molecule has 0 fully saturated rings. The lowest BCUT2D eigenvalue weighted by Gasteiger charge is -2.10. The Hall–Kier alpha value is -1.90. The molecule has 1 aromatic heterocycles. The molecule has 0 aromatic carbocycles. The van der Waals surface area contributed by atoms with E-state index in [9.17, 15) is 22.8 Å². The summed E-state index contributed by atoms with van der Waals surface area (Å²) in [6.07, 6.45) is -4.98. The Morgan fingerprint density at radius 2 is 2.05 bits per heavy atom. The average molecular weight is 311 g/mol. The van der Waals surface area contributed by atoms with Crippen molar-refractivity contribution in [1.82, 2.24) is 20.6 Å². The largest absolute Gasteiger partial charge is 0.342 e. The number of carbonyl (C=O) groups excluding carboxylic acids is 2. The number of halogens is 4. The lowest BCUT2D eigenvalue weighted by Crippen LogP contribution is -2.43. The lowest BCUT2D eigenvalue weighted by atomic mass is 10.3.